The maximum Gasteiger partial charge on any atom is 0.317 e. The lowest BCUT2D eigenvalue weighted by Gasteiger charge is -2.14. The van der Waals surface area contributed by atoms with Crippen molar-refractivity contribution in [3.63, 3.8) is 0 Å². The summed E-state index contributed by atoms with van der Waals surface area (Å²) in [5.74, 6) is -0.603. The van der Waals surface area contributed by atoms with E-state index in [0.29, 0.717) is 0 Å². The normalized spacial score (nSPS) is 11.8. The Labute approximate surface area is 162 Å². The number of carbonyl (C=O) groups is 2. The number of thioether (sulfide) groups is 1. The van der Waals surface area contributed by atoms with Gasteiger partial charge in [0.1, 0.15) is 0 Å². The topological polar surface area (TPSA) is 55.4 Å². The molecule has 3 aromatic carbocycles. The Hall–Kier alpha value is -2.79. The minimum atomic E-state index is -0.852. The first-order chi connectivity index (χ1) is 13.0. The summed E-state index contributed by atoms with van der Waals surface area (Å²) in [5, 5.41) is 5.07. The molecule has 0 radical (unpaired) electrons. The Morgan fingerprint density at radius 1 is 1.00 bits per heavy atom. The van der Waals surface area contributed by atoms with E-state index in [2.05, 4.69) is 5.32 Å². The van der Waals surface area contributed by atoms with Crippen LogP contribution in [0.25, 0.3) is 10.8 Å². The summed E-state index contributed by atoms with van der Waals surface area (Å²) >= 11 is 1.40. The second-order valence-corrected chi connectivity index (χ2v) is 7.28. The summed E-state index contributed by atoms with van der Waals surface area (Å²) in [6, 6.07) is 21.6. The van der Waals surface area contributed by atoms with Crippen LogP contribution in [-0.4, -0.2) is 23.7 Å². The maximum atomic E-state index is 12.2. The van der Waals surface area contributed by atoms with Crippen molar-refractivity contribution in [1.82, 2.24) is 0 Å². The van der Waals surface area contributed by atoms with Crippen LogP contribution in [0, 0.1) is 6.92 Å². The Balaban J connectivity index is 1.52. The van der Waals surface area contributed by atoms with Crippen LogP contribution in [0.2, 0.25) is 0 Å². The second kappa shape index (κ2) is 8.73. The average molecular weight is 379 g/mol. The quantitative estimate of drug-likeness (QED) is 0.493. The molecule has 138 valence electrons. The average Bonchev–Trinajstić information content (AvgIpc) is 2.68. The van der Waals surface area contributed by atoms with E-state index in [-0.39, 0.29) is 11.7 Å². The van der Waals surface area contributed by atoms with Crippen LogP contribution < -0.4 is 5.32 Å². The van der Waals surface area contributed by atoms with Crippen LogP contribution in [0.5, 0.6) is 0 Å². The number of hydrogen-bond acceptors (Lipinski definition) is 4. The van der Waals surface area contributed by atoms with Gasteiger partial charge in [0.15, 0.2) is 6.10 Å². The molecule has 1 N–H and O–H groups in total. The Bertz CT molecular complexity index is 970. The molecular formula is C22H21NO3S. The first kappa shape index (κ1) is 19.0. The number of carbonyl (C=O) groups excluding carboxylic acids is 2. The Morgan fingerprint density at radius 3 is 2.48 bits per heavy atom. The van der Waals surface area contributed by atoms with Crippen LogP contribution in [0.15, 0.2) is 71.6 Å². The van der Waals surface area contributed by atoms with Crippen molar-refractivity contribution in [2.45, 2.75) is 24.8 Å². The van der Waals surface area contributed by atoms with Crippen molar-refractivity contribution in [2.75, 3.05) is 11.1 Å². The first-order valence-corrected chi connectivity index (χ1v) is 9.69. The smallest absolute Gasteiger partial charge is 0.317 e. The van der Waals surface area contributed by atoms with Gasteiger partial charge in [-0.15, -0.1) is 11.8 Å². The van der Waals surface area contributed by atoms with Crippen LogP contribution >= 0.6 is 11.8 Å². The van der Waals surface area contributed by atoms with Crippen molar-refractivity contribution < 1.29 is 14.3 Å². The SMILES string of the molecule is Cc1ccccc1NC(=O)C(C)OC(=O)CSc1ccc2ccccc2c1. The summed E-state index contributed by atoms with van der Waals surface area (Å²) < 4.78 is 5.26. The highest BCUT2D eigenvalue weighted by atomic mass is 32.2. The molecular weight excluding hydrogens is 358 g/mol. The molecule has 3 rings (SSSR count). The highest BCUT2D eigenvalue weighted by Crippen LogP contribution is 2.24. The zero-order valence-electron chi connectivity index (χ0n) is 15.3. The summed E-state index contributed by atoms with van der Waals surface area (Å²) in [4.78, 5) is 25.3. The second-order valence-electron chi connectivity index (χ2n) is 6.23. The molecule has 0 saturated carbocycles. The van der Waals surface area contributed by atoms with Gasteiger partial charge in [-0.3, -0.25) is 9.59 Å². The lowest BCUT2D eigenvalue weighted by molar-refractivity contribution is -0.150. The number of amides is 1. The third-order valence-electron chi connectivity index (χ3n) is 4.16. The van der Waals surface area contributed by atoms with Gasteiger partial charge in [0, 0.05) is 10.6 Å². The highest BCUT2D eigenvalue weighted by Gasteiger charge is 2.18. The predicted octanol–water partition coefficient (Wildman–Crippen LogP) is 4.81. The van der Waals surface area contributed by atoms with Gasteiger partial charge in [0.25, 0.3) is 5.91 Å². The number of benzene rings is 3. The van der Waals surface area contributed by atoms with Gasteiger partial charge in [-0.25, -0.2) is 0 Å². The van der Waals surface area contributed by atoms with E-state index < -0.39 is 12.1 Å². The molecule has 27 heavy (non-hydrogen) atoms. The third kappa shape index (κ3) is 5.11. The number of aryl methyl sites for hydroxylation is 1. The molecule has 1 atom stereocenters. The molecule has 0 aliphatic rings. The Kier molecular flexibility index (Phi) is 6.14. The van der Waals surface area contributed by atoms with E-state index >= 15 is 0 Å². The minimum absolute atomic E-state index is 0.153. The van der Waals surface area contributed by atoms with Gasteiger partial charge in [-0.2, -0.15) is 0 Å². The van der Waals surface area contributed by atoms with Gasteiger partial charge in [0.05, 0.1) is 5.75 Å². The molecule has 1 amide bonds. The number of ether oxygens (including phenoxy) is 1. The molecule has 3 aromatic rings. The lowest BCUT2D eigenvalue weighted by Crippen LogP contribution is -2.30. The van der Waals surface area contributed by atoms with Crippen LogP contribution in [0.4, 0.5) is 5.69 Å². The molecule has 5 heteroatoms. The summed E-state index contributed by atoms with van der Waals surface area (Å²) in [6.45, 7) is 3.48. The molecule has 0 bridgehead atoms. The zero-order valence-corrected chi connectivity index (χ0v) is 16.1. The van der Waals surface area contributed by atoms with E-state index in [0.717, 1.165) is 26.9 Å². The van der Waals surface area contributed by atoms with E-state index in [9.17, 15) is 9.59 Å². The number of para-hydroxylation sites is 1. The van der Waals surface area contributed by atoms with Crippen LogP contribution in [0.1, 0.15) is 12.5 Å². The number of esters is 1. The van der Waals surface area contributed by atoms with Crippen molar-refractivity contribution in [1.29, 1.82) is 0 Å². The standard InChI is InChI=1S/C22H21NO3S/c1-15-7-3-6-10-20(15)23-22(25)16(2)26-21(24)14-27-19-12-11-17-8-4-5-9-18(17)13-19/h3-13,16H,14H2,1-2H3,(H,23,25). The molecule has 1 unspecified atom stereocenters. The molecule has 0 aliphatic heterocycles. The number of nitrogens with one attached hydrogen (secondary N) is 1. The summed E-state index contributed by atoms with van der Waals surface area (Å²) in [5.41, 5.74) is 1.67. The van der Waals surface area contributed by atoms with Crippen LogP contribution in [0.3, 0.4) is 0 Å². The highest BCUT2D eigenvalue weighted by molar-refractivity contribution is 8.00. The van der Waals surface area contributed by atoms with Gasteiger partial charge < -0.3 is 10.1 Å². The molecule has 0 fully saturated rings. The zero-order chi connectivity index (χ0) is 19.2. The van der Waals surface area contributed by atoms with E-state index in [1.54, 1.807) is 6.92 Å². The van der Waals surface area contributed by atoms with Gasteiger partial charge >= 0.3 is 5.97 Å². The number of anilines is 1. The van der Waals surface area contributed by atoms with Gasteiger partial charge in [0.2, 0.25) is 0 Å². The van der Waals surface area contributed by atoms with Gasteiger partial charge in [-0.05, 0) is 48.4 Å². The third-order valence-corrected chi connectivity index (χ3v) is 5.13. The number of fused-ring (bicyclic) bond motifs is 1. The van der Waals surface area contributed by atoms with Crippen LogP contribution in [-0.2, 0) is 14.3 Å². The van der Waals surface area contributed by atoms with Crippen molar-refractivity contribution in [2.24, 2.45) is 0 Å². The fourth-order valence-electron chi connectivity index (χ4n) is 2.63. The number of hydrogen-bond donors (Lipinski definition) is 1. The van der Waals surface area contributed by atoms with Crippen molar-refractivity contribution >= 4 is 40.1 Å². The van der Waals surface area contributed by atoms with Crippen molar-refractivity contribution in [3.05, 3.63) is 72.3 Å². The van der Waals surface area contributed by atoms with E-state index in [1.807, 2.05) is 73.7 Å². The number of rotatable bonds is 6. The lowest BCUT2D eigenvalue weighted by atomic mass is 10.1. The first-order valence-electron chi connectivity index (χ1n) is 8.70. The van der Waals surface area contributed by atoms with E-state index in [1.165, 1.54) is 11.8 Å². The molecule has 4 nitrogen and oxygen atoms in total. The molecule has 0 heterocycles. The monoisotopic (exact) mass is 379 g/mol. The fraction of sp³-hybridized carbons (Fsp3) is 0.182. The van der Waals surface area contributed by atoms with Crippen molar-refractivity contribution in [3.8, 4) is 0 Å². The fourth-order valence-corrected chi connectivity index (χ4v) is 3.36. The van der Waals surface area contributed by atoms with E-state index in [4.69, 9.17) is 4.74 Å². The largest absolute Gasteiger partial charge is 0.452 e. The molecule has 0 spiro atoms. The summed E-state index contributed by atoms with van der Waals surface area (Å²) in [6.07, 6.45) is -0.852. The maximum absolute atomic E-state index is 12.2. The van der Waals surface area contributed by atoms with Gasteiger partial charge in [-0.1, -0.05) is 48.5 Å². The molecule has 0 aromatic heterocycles. The minimum Gasteiger partial charge on any atom is -0.452 e. The summed E-state index contributed by atoms with van der Waals surface area (Å²) in [7, 11) is 0. The molecule has 0 aliphatic carbocycles. The Morgan fingerprint density at radius 2 is 1.70 bits per heavy atom. The predicted molar refractivity (Wildman–Crippen MR) is 110 cm³/mol. The molecule has 0 saturated heterocycles.